The van der Waals surface area contributed by atoms with Crippen LogP contribution in [0.1, 0.15) is 26.7 Å². The predicted octanol–water partition coefficient (Wildman–Crippen LogP) is 0.903. The number of guanidine groups is 1. The molecule has 1 fully saturated rings. The molecule has 0 heterocycles. The summed E-state index contributed by atoms with van der Waals surface area (Å²) in [4.78, 5) is 6.62. The summed E-state index contributed by atoms with van der Waals surface area (Å²) in [6.07, 6.45) is 2.76. The van der Waals surface area contributed by atoms with Gasteiger partial charge < -0.3 is 15.5 Å². The summed E-state index contributed by atoms with van der Waals surface area (Å²) in [6.45, 7) is 9.75. The Morgan fingerprint density at radius 3 is 2.44 bits per heavy atom. The van der Waals surface area contributed by atoms with Gasteiger partial charge >= 0.3 is 0 Å². The van der Waals surface area contributed by atoms with Crippen molar-refractivity contribution in [3.63, 3.8) is 0 Å². The number of rotatable bonds is 7. The third-order valence-corrected chi connectivity index (χ3v) is 3.09. The van der Waals surface area contributed by atoms with Crippen LogP contribution in [0.3, 0.4) is 0 Å². The maximum atomic E-state index is 4.21. The van der Waals surface area contributed by atoms with Gasteiger partial charge in [-0.3, -0.25) is 4.99 Å². The number of nitrogens with one attached hydrogen (secondary N) is 2. The minimum atomic E-state index is 0.890. The first-order valence-electron chi connectivity index (χ1n) is 6.47. The van der Waals surface area contributed by atoms with Gasteiger partial charge in [0.05, 0.1) is 0 Å². The molecule has 94 valence electrons. The first-order valence-corrected chi connectivity index (χ1v) is 6.47. The summed E-state index contributed by atoms with van der Waals surface area (Å²) in [7, 11) is 1.83. The van der Waals surface area contributed by atoms with Gasteiger partial charge in [-0.2, -0.15) is 0 Å². The second-order valence-electron chi connectivity index (χ2n) is 4.35. The van der Waals surface area contributed by atoms with E-state index in [4.69, 9.17) is 0 Å². The van der Waals surface area contributed by atoms with Crippen LogP contribution >= 0.6 is 0 Å². The molecule has 0 atom stereocenters. The van der Waals surface area contributed by atoms with E-state index in [2.05, 4.69) is 34.4 Å². The third kappa shape index (κ3) is 5.35. The van der Waals surface area contributed by atoms with Crippen LogP contribution in [-0.2, 0) is 0 Å². The van der Waals surface area contributed by atoms with Gasteiger partial charge in [0.1, 0.15) is 0 Å². The van der Waals surface area contributed by atoms with Crippen LogP contribution in [0.4, 0.5) is 0 Å². The van der Waals surface area contributed by atoms with E-state index < -0.39 is 0 Å². The minimum absolute atomic E-state index is 0.890. The molecule has 0 radical (unpaired) electrons. The lowest BCUT2D eigenvalue weighted by molar-refractivity contribution is 0.308. The Bertz CT molecular complexity index is 207. The van der Waals surface area contributed by atoms with Gasteiger partial charge in [0, 0.05) is 26.7 Å². The lowest BCUT2D eigenvalue weighted by Crippen LogP contribution is -2.42. The molecule has 0 aromatic heterocycles. The van der Waals surface area contributed by atoms with Gasteiger partial charge in [-0.15, -0.1) is 0 Å². The quantitative estimate of drug-likeness (QED) is 0.500. The smallest absolute Gasteiger partial charge is 0.191 e. The normalized spacial score (nSPS) is 16.6. The van der Waals surface area contributed by atoms with Crippen LogP contribution in [0, 0.1) is 5.92 Å². The maximum Gasteiger partial charge on any atom is 0.191 e. The zero-order valence-corrected chi connectivity index (χ0v) is 10.9. The highest BCUT2D eigenvalue weighted by molar-refractivity contribution is 5.79. The number of likely N-dealkylation sites (N-methyl/N-ethyl adjacent to an activating group) is 1. The first kappa shape index (κ1) is 13.3. The Balaban J connectivity index is 2.07. The molecule has 2 N–H and O–H groups in total. The predicted molar refractivity (Wildman–Crippen MR) is 69.9 cm³/mol. The van der Waals surface area contributed by atoms with E-state index in [1.54, 1.807) is 0 Å². The van der Waals surface area contributed by atoms with Crippen molar-refractivity contribution in [3.8, 4) is 0 Å². The molecule has 0 bridgehead atoms. The average Bonchev–Trinajstić information content (AvgIpc) is 3.12. The second-order valence-corrected chi connectivity index (χ2v) is 4.35. The molecule has 0 saturated heterocycles. The fraction of sp³-hybridized carbons (Fsp3) is 0.917. The van der Waals surface area contributed by atoms with E-state index in [1.165, 1.54) is 12.8 Å². The van der Waals surface area contributed by atoms with Crippen molar-refractivity contribution >= 4 is 5.96 Å². The van der Waals surface area contributed by atoms with Crippen LogP contribution in [0.15, 0.2) is 4.99 Å². The molecular weight excluding hydrogens is 200 g/mol. The largest absolute Gasteiger partial charge is 0.356 e. The molecule has 16 heavy (non-hydrogen) atoms. The van der Waals surface area contributed by atoms with Crippen molar-refractivity contribution < 1.29 is 0 Å². The summed E-state index contributed by atoms with van der Waals surface area (Å²) in [5.74, 6) is 1.83. The van der Waals surface area contributed by atoms with Gasteiger partial charge in [-0.25, -0.2) is 0 Å². The van der Waals surface area contributed by atoms with E-state index in [1.807, 2.05) is 7.05 Å². The highest BCUT2D eigenvalue weighted by Crippen LogP contribution is 2.27. The number of nitrogens with zero attached hydrogens (tertiary/aromatic N) is 2. The van der Waals surface area contributed by atoms with Gasteiger partial charge in [0.15, 0.2) is 5.96 Å². The average molecular weight is 226 g/mol. The fourth-order valence-electron chi connectivity index (χ4n) is 1.66. The SMILES string of the molecule is CCN(CC)CCNC(=NC)NCC1CC1. The molecule has 1 aliphatic rings. The molecule has 4 heteroatoms. The summed E-state index contributed by atoms with van der Waals surface area (Å²) < 4.78 is 0. The van der Waals surface area contributed by atoms with E-state index >= 15 is 0 Å². The van der Waals surface area contributed by atoms with Crippen molar-refractivity contribution in [2.75, 3.05) is 39.8 Å². The molecule has 1 aliphatic carbocycles. The summed E-state index contributed by atoms with van der Waals surface area (Å²) >= 11 is 0. The van der Waals surface area contributed by atoms with Crippen molar-refractivity contribution in [2.45, 2.75) is 26.7 Å². The van der Waals surface area contributed by atoms with Gasteiger partial charge in [0.25, 0.3) is 0 Å². The highest BCUT2D eigenvalue weighted by atomic mass is 15.2. The van der Waals surface area contributed by atoms with Crippen molar-refractivity contribution in [1.29, 1.82) is 0 Å². The molecule has 0 unspecified atom stereocenters. The topological polar surface area (TPSA) is 39.7 Å². The molecule has 1 saturated carbocycles. The van der Waals surface area contributed by atoms with Crippen LogP contribution in [0.5, 0.6) is 0 Å². The Morgan fingerprint density at radius 1 is 1.25 bits per heavy atom. The lowest BCUT2D eigenvalue weighted by Gasteiger charge is -2.19. The van der Waals surface area contributed by atoms with Crippen molar-refractivity contribution in [3.05, 3.63) is 0 Å². The van der Waals surface area contributed by atoms with Gasteiger partial charge in [-0.05, 0) is 31.8 Å². The van der Waals surface area contributed by atoms with Crippen molar-refractivity contribution in [1.82, 2.24) is 15.5 Å². The fourth-order valence-corrected chi connectivity index (χ4v) is 1.66. The van der Waals surface area contributed by atoms with Gasteiger partial charge in [0.2, 0.25) is 0 Å². The Hall–Kier alpha value is -0.770. The van der Waals surface area contributed by atoms with Crippen LogP contribution in [0.2, 0.25) is 0 Å². The summed E-state index contributed by atoms with van der Waals surface area (Å²) in [5, 5.41) is 6.71. The highest BCUT2D eigenvalue weighted by Gasteiger charge is 2.20. The first-order chi connectivity index (χ1) is 7.80. The number of hydrogen-bond donors (Lipinski definition) is 2. The van der Waals surface area contributed by atoms with E-state index in [9.17, 15) is 0 Å². The number of aliphatic imine (C=N–C) groups is 1. The minimum Gasteiger partial charge on any atom is -0.356 e. The molecule has 1 rings (SSSR count). The van der Waals surface area contributed by atoms with Crippen LogP contribution in [-0.4, -0.2) is 50.6 Å². The standard InChI is InChI=1S/C12H26N4/c1-4-16(5-2)9-8-14-12(13-3)15-10-11-6-7-11/h11H,4-10H2,1-3H3,(H2,13,14,15). The monoisotopic (exact) mass is 226 g/mol. The Kier molecular flexibility index (Phi) is 6.23. The molecule has 0 spiro atoms. The summed E-state index contributed by atoms with van der Waals surface area (Å²) in [5.41, 5.74) is 0. The van der Waals surface area contributed by atoms with Crippen molar-refractivity contribution in [2.24, 2.45) is 10.9 Å². The second kappa shape index (κ2) is 7.49. The van der Waals surface area contributed by atoms with E-state index in [0.29, 0.717) is 0 Å². The summed E-state index contributed by atoms with van der Waals surface area (Å²) in [6, 6.07) is 0. The zero-order valence-electron chi connectivity index (χ0n) is 10.9. The molecule has 0 aromatic rings. The zero-order chi connectivity index (χ0) is 11.8. The van der Waals surface area contributed by atoms with E-state index in [-0.39, 0.29) is 0 Å². The lowest BCUT2D eigenvalue weighted by atomic mass is 10.4. The molecule has 0 aliphatic heterocycles. The molecular formula is C12H26N4. The Morgan fingerprint density at radius 2 is 1.94 bits per heavy atom. The molecule has 0 amide bonds. The number of hydrogen-bond acceptors (Lipinski definition) is 2. The van der Waals surface area contributed by atoms with Gasteiger partial charge in [-0.1, -0.05) is 13.8 Å². The molecule has 4 nitrogen and oxygen atoms in total. The van der Waals surface area contributed by atoms with Crippen LogP contribution in [0.25, 0.3) is 0 Å². The third-order valence-electron chi connectivity index (χ3n) is 3.09. The maximum absolute atomic E-state index is 4.21. The molecule has 0 aromatic carbocycles. The Labute approximate surface area is 99.5 Å². The van der Waals surface area contributed by atoms with Crippen LogP contribution < -0.4 is 10.6 Å². The van der Waals surface area contributed by atoms with E-state index in [0.717, 1.165) is 44.6 Å².